The Balaban J connectivity index is 2.78. The maximum absolute atomic E-state index is 12.1. The molecule has 0 spiro atoms. The number of aryl methyl sites for hydroxylation is 2. The summed E-state index contributed by atoms with van der Waals surface area (Å²) in [6, 6.07) is 0. The Morgan fingerprint density at radius 3 is 2.40 bits per heavy atom. The number of nitrogens with zero attached hydrogens (tertiary/aromatic N) is 2. The molecule has 0 aliphatic rings. The summed E-state index contributed by atoms with van der Waals surface area (Å²) in [7, 11) is -1.73. The summed E-state index contributed by atoms with van der Waals surface area (Å²) in [5, 5.41) is 6.70. The normalized spacial score (nSPS) is 12.4. The lowest BCUT2D eigenvalue weighted by Gasteiger charge is -2.25. The Bertz CT molecular complexity index is 618. The number of amides is 1. The molecule has 8 nitrogen and oxygen atoms in total. The fourth-order valence-corrected chi connectivity index (χ4v) is 2.94. The molecule has 0 aliphatic heterocycles. The van der Waals surface area contributed by atoms with Gasteiger partial charge in [0, 0.05) is 19.1 Å². The van der Waals surface area contributed by atoms with Crippen molar-refractivity contribution in [1.29, 1.82) is 0 Å². The number of carbonyl (C=O) groups excluding carboxylic acids is 1. The van der Waals surface area contributed by atoms with Gasteiger partial charge in [-0.2, -0.15) is 5.10 Å². The van der Waals surface area contributed by atoms with E-state index < -0.39 is 21.5 Å². The van der Waals surface area contributed by atoms with Crippen LogP contribution in [0, 0.1) is 6.92 Å². The lowest BCUT2D eigenvalue weighted by atomic mass is 10.1. The van der Waals surface area contributed by atoms with E-state index in [4.69, 9.17) is 5.73 Å². The molecule has 0 aliphatic carbocycles. The molecule has 0 saturated carbocycles. The first-order valence-electron chi connectivity index (χ1n) is 5.99. The number of carbonyl (C=O) groups is 1. The van der Waals surface area contributed by atoms with Crippen LogP contribution in [0.25, 0.3) is 0 Å². The zero-order valence-electron chi connectivity index (χ0n) is 12.3. The summed E-state index contributed by atoms with van der Waals surface area (Å²) >= 11 is 0. The summed E-state index contributed by atoms with van der Waals surface area (Å²) in [5.74, 6) is -0.394. The molecular weight excluding hydrogens is 282 g/mol. The van der Waals surface area contributed by atoms with Gasteiger partial charge in [0.05, 0.1) is 17.6 Å². The SMILES string of the molecule is Cc1nn(C)c(C(=O)NCC(C)(C)NS(C)(=O)=O)c1N. The molecule has 0 radical (unpaired) electrons. The predicted molar refractivity (Wildman–Crippen MR) is 76.7 cm³/mol. The summed E-state index contributed by atoms with van der Waals surface area (Å²) in [5.41, 5.74) is 6.15. The maximum Gasteiger partial charge on any atom is 0.271 e. The minimum atomic E-state index is -3.35. The fraction of sp³-hybridized carbons (Fsp3) is 0.636. The highest BCUT2D eigenvalue weighted by Crippen LogP contribution is 2.15. The minimum absolute atomic E-state index is 0.128. The molecule has 1 rings (SSSR count). The largest absolute Gasteiger partial charge is 0.395 e. The average molecular weight is 303 g/mol. The van der Waals surface area contributed by atoms with Gasteiger partial charge in [-0.15, -0.1) is 0 Å². The van der Waals surface area contributed by atoms with Crippen LogP contribution in [-0.2, 0) is 17.1 Å². The first kappa shape index (κ1) is 16.4. The first-order valence-corrected chi connectivity index (χ1v) is 7.88. The van der Waals surface area contributed by atoms with Gasteiger partial charge in [0.25, 0.3) is 5.91 Å². The zero-order valence-corrected chi connectivity index (χ0v) is 13.1. The summed E-state index contributed by atoms with van der Waals surface area (Å²) in [6.07, 6.45) is 1.07. The van der Waals surface area contributed by atoms with Crippen molar-refractivity contribution < 1.29 is 13.2 Å². The highest BCUT2D eigenvalue weighted by Gasteiger charge is 2.25. The van der Waals surface area contributed by atoms with Gasteiger partial charge in [-0.25, -0.2) is 13.1 Å². The van der Waals surface area contributed by atoms with Crippen LogP contribution >= 0.6 is 0 Å². The first-order chi connectivity index (χ1) is 8.93. The van der Waals surface area contributed by atoms with E-state index in [0.29, 0.717) is 11.4 Å². The van der Waals surface area contributed by atoms with Gasteiger partial charge in [-0.1, -0.05) is 0 Å². The van der Waals surface area contributed by atoms with Crippen LogP contribution in [0.3, 0.4) is 0 Å². The molecule has 0 fully saturated rings. The quantitative estimate of drug-likeness (QED) is 0.669. The second kappa shape index (κ2) is 5.41. The number of aromatic nitrogens is 2. The van der Waals surface area contributed by atoms with Crippen molar-refractivity contribution in [3.8, 4) is 0 Å². The van der Waals surface area contributed by atoms with Crippen LogP contribution in [-0.4, -0.2) is 42.4 Å². The number of hydrogen-bond donors (Lipinski definition) is 3. The standard InChI is InChI=1S/C11H21N5O3S/c1-7-8(12)9(16(4)14-7)10(17)13-6-11(2,3)15-20(5,18)19/h15H,6,12H2,1-5H3,(H,13,17). The van der Waals surface area contributed by atoms with Crippen molar-refractivity contribution in [2.75, 3.05) is 18.5 Å². The molecule has 20 heavy (non-hydrogen) atoms. The minimum Gasteiger partial charge on any atom is -0.395 e. The topological polar surface area (TPSA) is 119 Å². The van der Waals surface area contributed by atoms with E-state index >= 15 is 0 Å². The second-order valence-corrected chi connectivity index (χ2v) is 7.16. The monoisotopic (exact) mass is 303 g/mol. The number of sulfonamides is 1. The van der Waals surface area contributed by atoms with Crippen LogP contribution in [0.1, 0.15) is 30.0 Å². The second-order valence-electron chi connectivity index (χ2n) is 5.41. The molecule has 1 amide bonds. The fourth-order valence-electron chi connectivity index (χ4n) is 1.87. The van der Waals surface area contributed by atoms with E-state index in [0.717, 1.165) is 6.26 Å². The molecule has 114 valence electrons. The Hall–Kier alpha value is -1.61. The molecule has 9 heteroatoms. The van der Waals surface area contributed by atoms with E-state index in [2.05, 4.69) is 15.1 Å². The van der Waals surface area contributed by atoms with Crippen molar-refractivity contribution in [3.63, 3.8) is 0 Å². The van der Waals surface area contributed by atoms with Crippen molar-refractivity contribution in [1.82, 2.24) is 19.8 Å². The Morgan fingerprint density at radius 2 is 2.00 bits per heavy atom. The van der Waals surface area contributed by atoms with Crippen molar-refractivity contribution in [2.45, 2.75) is 26.3 Å². The van der Waals surface area contributed by atoms with Gasteiger partial charge in [-0.05, 0) is 20.8 Å². The van der Waals surface area contributed by atoms with E-state index in [1.54, 1.807) is 27.8 Å². The van der Waals surface area contributed by atoms with Crippen LogP contribution in [0.15, 0.2) is 0 Å². The van der Waals surface area contributed by atoms with Crippen LogP contribution < -0.4 is 15.8 Å². The molecule has 0 atom stereocenters. The van der Waals surface area contributed by atoms with Gasteiger partial charge in [0.15, 0.2) is 0 Å². The third-order valence-corrected chi connectivity index (χ3v) is 3.56. The van der Waals surface area contributed by atoms with Crippen molar-refractivity contribution in [2.24, 2.45) is 7.05 Å². The van der Waals surface area contributed by atoms with Gasteiger partial charge in [0.1, 0.15) is 5.69 Å². The van der Waals surface area contributed by atoms with Gasteiger partial charge in [-0.3, -0.25) is 9.48 Å². The number of rotatable bonds is 5. The smallest absolute Gasteiger partial charge is 0.271 e. The number of nitrogen functional groups attached to an aromatic ring is 1. The number of nitrogens with two attached hydrogens (primary N) is 1. The molecule has 1 aromatic heterocycles. The third kappa shape index (κ3) is 4.20. The molecule has 0 unspecified atom stereocenters. The molecule has 4 N–H and O–H groups in total. The molecular formula is C11H21N5O3S. The Kier molecular flexibility index (Phi) is 4.45. The maximum atomic E-state index is 12.1. The van der Waals surface area contributed by atoms with Crippen molar-refractivity contribution >= 4 is 21.6 Å². The summed E-state index contributed by atoms with van der Waals surface area (Å²) in [6.45, 7) is 5.18. The van der Waals surface area contributed by atoms with E-state index in [1.807, 2.05) is 0 Å². The molecule has 0 bridgehead atoms. The molecule has 1 aromatic rings. The van der Waals surface area contributed by atoms with Crippen molar-refractivity contribution in [3.05, 3.63) is 11.4 Å². The molecule has 0 saturated heterocycles. The van der Waals surface area contributed by atoms with Crippen LogP contribution in [0.4, 0.5) is 5.69 Å². The molecule has 0 aromatic carbocycles. The zero-order chi connectivity index (χ0) is 15.7. The van der Waals surface area contributed by atoms with E-state index in [1.165, 1.54) is 4.68 Å². The summed E-state index contributed by atoms with van der Waals surface area (Å²) < 4.78 is 26.3. The van der Waals surface area contributed by atoms with E-state index in [9.17, 15) is 13.2 Å². The van der Waals surface area contributed by atoms with Crippen LogP contribution in [0.2, 0.25) is 0 Å². The Morgan fingerprint density at radius 1 is 1.45 bits per heavy atom. The molecule has 1 heterocycles. The number of hydrogen-bond acceptors (Lipinski definition) is 5. The summed E-state index contributed by atoms with van der Waals surface area (Å²) in [4.78, 5) is 12.1. The predicted octanol–water partition coefficient (Wildman–Crippen LogP) is -0.632. The van der Waals surface area contributed by atoms with Gasteiger partial charge < -0.3 is 11.1 Å². The third-order valence-electron chi connectivity index (χ3n) is 2.64. The number of nitrogens with one attached hydrogen (secondary N) is 2. The highest BCUT2D eigenvalue weighted by molar-refractivity contribution is 7.88. The lowest BCUT2D eigenvalue weighted by molar-refractivity contribution is 0.0936. The Labute approximate surface area is 118 Å². The lowest BCUT2D eigenvalue weighted by Crippen LogP contribution is -2.51. The van der Waals surface area contributed by atoms with Gasteiger partial charge >= 0.3 is 0 Å². The average Bonchev–Trinajstić information content (AvgIpc) is 2.47. The van der Waals surface area contributed by atoms with Gasteiger partial charge in [0.2, 0.25) is 10.0 Å². The highest BCUT2D eigenvalue weighted by atomic mass is 32.2. The van der Waals surface area contributed by atoms with E-state index in [-0.39, 0.29) is 12.2 Å². The van der Waals surface area contributed by atoms with Crippen LogP contribution in [0.5, 0.6) is 0 Å². The number of anilines is 1.